The molecule has 1 aliphatic carbocycles. The van der Waals surface area contributed by atoms with Crippen LogP contribution in [0.4, 0.5) is 0 Å². The Kier molecular flexibility index (Phi) is 8.94. The summed E-state index contributed by atoms with van der Waals surface area (Å²) < 4.78 is 0. The minimum absolute atomic E-state index is 0.350. The number of aliphatic carboxylic acids is 1. The molecule has 0 amide bonds. The Morgan fingerprint density at radius 3 is 2.00 bits per heavy atom. The average molecular weight is 268 g/mol. The highest BCUT2D eigenvalue weighted by atomic mass is 16.4. The highest BCUT2D eigenvalue weighted by Crippen LogP contribution is 2.45. The smallest absolute Gasteiger partial charge is 0.303 e. The lowest BCUT2D eigenvalue weighted by molar-refractivity contribution is -0.137. The van der Waals surface area contributed by atoms with Crippen molar-refractivity contribution in [2.45, 2.75) is 90.4 Å². The molecule has 19 heavy (non-hydrogen) atoms. The van der Waals surface area contributed by atoms with E-state index in [0.717, 1.165) is 24.7 Å². The summed E-state index contributed by atoms with van der Waals surface area (Å²) in [6.45, 7) is 2.27. The molecule has 1 fully saturated rings. The first-order valence-corrected chi connectivity index (χ1v) is 8.45. The molecule has 0 aromatic rings. The van der Waals surface area contributed by atoms with Gasteiger partial charge in [-0.2, -0.15) is 0 Å². The van der Waals surface area contributed by atoms with Crippen molar-refractivity contribution < 1.29 is 9.90 Å². The maximum absolute atomic E-state index is 10.3. The molecule has 1 rings (SSSR count). The van der Waals surface area contributed by atoms with Crippen molar-refractivity contribution in [2.75, 3.05) is 0 Å². The Balaban J connectivity index is 1.78. The lowest BCUT2D eigenvalue weighted by Crippen LogP contribution is -1.93. The molecule has 112 valence electrons. The van der Waals surface area contributed by atoms with Crippen molar-refractivity contribution in [3.8, 4) is 0 Å². The van der Waals surface area contributed by atoms with Crippen molar-refractivity contribution in [3.63, 3.8) is 0 Å². The summed E-state index contributed by atoms with van der Waals surface area (Å²) in [4.78, 5) is 10.3. The number of carboxylic acid groups (broad SMARTS) is 1. The first-order valence-electron chi connectivity index (χ1n) is 8.45. The lowest BCUT2D eigenvalue weighted by Gasteiger charge is -2.02. The van der Waals surface area contributed by atoms with E-state index in [1.807, 2.05) is 0 Å². The molecule has 0 heterocycles. The van der Waals surface area contributed by atoms with E-state index in [4.69, 9.17) is 5.11 Å². The second kappa shape index (κ2) is 10.3. The summed E-state index contributed by atoms with van der Waals surface area (Å²) in [6, 6.07) is 0. The molecule has 0 spiro atoms. The van der Waals surface area contributed by atoms with Crippen LogP contribution in [0.1, 0.15) is 90.4 Å². The third-order valence-electron chi connectivity index (χ3n) is 4.46. The molecule has 1 aliphatic rings. The Morgan fingerprint density at radius 2 is 1.42 bits per heavy atom. The first kappa shape index (κ1) is 16.5. The van der Waals surface area contributed by atoms with E-state index in [-0.39, 0.29) is 0 Å². The predicted molar refractivity (Wildman–Crippen MR) is 80.3 cm³/mol. The van der Waals surface area contributed by atoms with Crippen molar-refractivity contribution in [3.05, 3.63) is 0 Å². The van der Waals surface area contributed by atoms with E-state index < -0.39 is 5.97 Å². The number of rotatable bonds is 13. The number of unbranched alkanes of at least 4 members (excludes halogenated alkanes) is 7. The molecule has 0 radical (unpaired) electrons. The molecular weight excluding hydrogens is 236 g/mol. The Morgan fingerprint density at radius 1 is 0.895 bits per heavy atom. The summed E-state index contributed by atoms with van der Waals surface area (Å²) in [6.07, 6.45) is 16.2. The fourth-order valence-electron chi connectivity index (χ4n) is 3.06. The predicted octanol–water partition coefficient (Wildman–Crippen LogP) is 5.41. The van der Waals surface area contributed by atoms with Crippen LogP contribution in [-0.4, -0.2) is 11.1 Å². The zero-order chi connectivity index (χ0) is 13.9. The minimum atomic E-state index is -0.649. The minimum Gasteiger partial charge on any atom is -0.481 e. The summed E-state index contributed by atoms with van der Waals surface area (Å²) in [5, 5.41) is 8.53. The van der Waals surface area contributed by atoms with Gasteiger partial charge in [-0.15, -0.1) is 0 Å². The van der Waals surface area contributed by atoms with Gasteiger partial charge in [0.15, 0.2) is 0 Å². The third-order valence-corrected chi connectivity index (χ3v) is 4.46. The van der Waals surface area contributed by atoms with Crippen molar-refractivity contribution in [1.82, 2.24) is 0 Å². The van der Waals surface area contributed by atoms with E-state index in [0.29, 0.717) is 6.42 Å². The molecular formula is C17H32O2. The number of hydrogen-bond donors (Lipinski definition) is 1. The van der Waals surface area contributed by atoms with Gasteiger partial charge in [-0.3, -0.25) is 4.79 Å². The molecule has 0 aromatic carbocycles. The Bertz CT molecular complexity index is 237. The fourth-order valence-corrected chi connectivity index (χ4v) is 3.06. The van der Waals surface area contributed by atoms with Gasteiger partial charge in [0, 0.05) is 6.42 Å². The van der Waals surface area contributed by atoms with E-state index in [9.17, 15) is 4.79 Å². The van der Waals surface area contributed by atoms with Gasteiger partial charge in [-0.25, -0.2) is 0 Å². The molecule has 1 saturated carbocycles. The van der Waals surface area contributed by atoms with E-state index in [2.05, 4.69) is 6.92 Å². The lowest BCUT2D eigenvalue weighted by atomic mass is 10.0. The van der Waals surface area contributed by atoms with Crippen LogP contribution in [0.3, 0.4) is 0 Å². The van der Waals surface area contributed by atoms with Crippen LogP contribution in [0.25, 0.3) is 0 Å². The van der Waals surface area contributed by atoms with Gasteiger partial charge < -0.3 is 5.11 Å². The summed E-state index contributed by atoms with van der Waals surface area (Å²) in [5.74, 6) is 1.45. The quantitative estimate of drug-likeness (QED) is 0.453. The molecule has 1 N–H and O–H groups in total. The second-order valence-corrected chi connectivity index (χ2v) is 6.31. The van der Waals surface area contributed by atoms with Crippen molar-refractivity contribution in [1.29, 1.82) is 0 Å². The Hall–Kier alpha value is -0.530. The van der Waals surface area contributed by atoms with Crippen LogP contribution in [0.15, 0.2) is 0 Å². The highest BCUT2D eigenvalue weighted by molar-refractivity contribution is 5.66. The van der Waals surface area contributed by atoms with Crippen LogP contribution in [0, 0.1) is 11.8 Å². The largest absolute Gasteiger partial charge is 0.481 e. The molecule has 0 aromatic heterocycles. The van der Waals surface area contributed by atoms with Gasteiger partial charge in [0.25, 0.3) is 0 Å². The maximum atomic E-state index is 10.3. The van der Waals surface area contributed by atoms with Crippen LogP contribution in [0.5, 0.6) is 0 Å². The fraction of sp³-hybridized carbons (Fsp3) is 0.941. The highest BCUT2D eigenvalue weighted by Gasteiger charge is 2.34. The van der Waals surface area contributed by atoms with E-state index in [1.165, 1.54) is 64.2 Å². The standard InChI is InChI=1S/C17H32O2/c1-2-3-4-8-11-15-14-16(15)12-9-6-5-7-10-13-17(18)19/h15-16H,2-14H2,1H3,(H,18,19)/t15?,16-/m0/s1. The van der Waals surface area contributed by atoms with E-state index >= 15 is 0 Å². The molecule has 0 aliphatic heterocycles. The van der Waals surface area contributed by atoms with Gasteiger partial charge in [0.1, 0.15) is 0 Å². The molecule has 2 atom stereocenters. The molecule has 0 saturated heterocycles. The zero-order valence-corrected chi connectivity index (χ0v) is 12.7. The molecule has 0 bridgehead atoms. The first-order chi connectivity index (χ1) is 9.24. The normalized spacial score (nSPS) is 21.5. The number of hydrogen-bond acceptors (Lipinski definition) is 1. The van der Waals surface area contributed by atoms with Gasteiger partial charge in [-0.05, 0) is 24.7 Å². The van der Waals surface area contributed by atoms with Crippen molar-refractivity contribution in [2.24, 2.45) is 11.8 Å². The maximum Gasteiger partial charge on any atom is 0.303 e. The molecule has 2 heteroatoms. The SMILES string of the molecule is CCCCCCC1C[C@@H]1CCCCCCCC(=O)O. The number of carbonyl (C=O) groups is 1. The average Bonchev–Trinajstić information content (AvgIpc) is 3.12. The van der Waals surface area contributed by atoms with Crippen LogP contribution in [-0.2, 0) is 4.79 Å². The summed E-state index contributed by atoms with van der Waals surface area (Å²) >= 11 is 0. The van der Waals surface area contributed by atoms with Crippen LogP contribution in [0.2, 0.25) is 0 Å². The molecule has 1 unspecified atom stereocenters. The van der Waals surface area contributed by atoms with Gasteiger partial charge >= 0.3 is 5.97 Å². The second-order valence-electron chi connectivity index (χ2n) is 6.31. The van der Waals surface area contributed by atoms with Gasteiger partial charge in [-0.1, -0.05) is 71.1 Å². The Labute approximate surface area is 119 Å². The van der Waals surface area contributed by atoms with Crippen LogP contribution < -0.4 is 0 Å². The zero-order valence-electron chi connectivity index (χ0n) is 12.7. The monoisotopic (exact) mass is 268 g/mol. The van der Waals surface area contributed by atoms with Gasteiger partial charge in [0.05, 0.1) is 0 Å². The summed E-state index contributed by atoms with van der Waals surface area (Å²) in [7, 11) is 0. The topological polar surface area (TPSA) is 37.3 Å². The van der Waals surface area contributed by atoms with E-state index in [1.54, 1.807) is 0 Å². The van der Waals surface area contributed by atoms with Crippen LogP contribution >= 0.6 is 0 Å². The molecule has 2 nitrogen and oxygen atoms in total. The van der Waals surface area contributed by atoms with Crippen molar-refractivity contribution >= 4 is 5.97 Å². The summed E-state index contributed by atoms with van der Waals surface area (Å²) in [5.41, 5.74) is 0. The van der Waals surface area contributed by atoms with Gasteiger partial charge in [0.2, 0.25) is 0 Å². The number of carboxylic acids is 1. The third kappa shape index (κ3) is 9.07.